The monoisotopic (exact) mass is 532 g/mol. The Labute approximate surface area is 231 Å². The summed E-state index contributed by atoms with van der Waals surface area (Å²) in [6, 6.07) is 22.5. The number of nitrogens with one attached hydrogen (secondary N) is 1. The van der Waals surface area contributed by atoms with Gasteiger partial charge in [0.05, 0.1) is 0 Å². The highest BCUT2D eigenvalue weighted by Crippen LogP contribution is 2.23. The molecule has 0 saturated heterocycles. The molecule has 200 valence electrons. The highest BCUT2D eigenvalue weighted by molar-refractivity contribution is 6.31. The molecule has 2 amide bonds. The van der Waals surface area contributed by atoms with E-state index in [0.29, 0.717) is 17.2 Å². The third-order valence-corrected chi connectivity index (χ3v) is 7.73. The molecular formula is C32H37ClN2O3. The van der Waals surface area contributed by atoms with Gasteiger partial charge in [0.1, 0.15) is 11.8 Å². The van der Waals surface area contributed by atoms with E-state index in [-0.39, 0.29) is 31.0 Å². The number of benzene rings is 3. The molecule has 5 nitrogen and oxygen atoms in total. The van der Waals surface area contributed by atoms with Gasteiger partial charge in [0.15, 0.2) is 6.61 Å². The summed E-state index contributed by atoms with van der Waals surface area (Å²) in [5.41, 5.74) is 4.03. The van der Waals surface area contributed by atoms with E-state index in [9.17, 15) is 9.59 Å². The summed E-state index contributed by atoms with van der Waals surface area (Å²) in [7, 11) is 0. The van der Waals surface area contributed by atoms with Crippen LogP contribution in [0.4, 0.5) is 0 Å². The van der Waals surface area contributed by atoms with Crippen LogP contribution in [0.2, 0.25) is 5.02 Å². The molecular weight excluding hydrogens is 496 g/mol. The molecule has 1 N–H and O–H groups in total. The molecule has 0 radical (unpaired) electrons. The average molecular weight is 533 g/mol. The van der Waals surface area contributed by atoms with E-state index in [1.54, 1.807) is 11.0 Å². The van der Waals surface area contributed by atoms with E-state index in [1.165, 1.54) is 6.42 Å². The maximum absolute atomic E-state index is 13.8. The summed E-state index contributed by atoms with van der Waals surface area (Å²) >= 11 is 6.51. The number of carbonyl (C=O) groups excluding carboxylic acids is 2. The van der Waals surface area contributed by atoms with Crippen LogP contribution in [0.25, 0.3) is 0 Å². The van der Waals surface area contributed by atoms with Crippen molar-refractivity contribution in [1.82, 2.24) is 10.2 Å². The summed E-state index contributed by atoms with van der Waals surface area (Å²) < 4.78 is 5.93. The van der Waals surface area contributed by atoms with Gasteiger partial charge < -0.3 is 15.0 Å². The van der Waals surface area contributed by atoms with Gasteiger partial charge in [0.2, 0.25) is 5.91 Å². The average Bonchev–Trinajstić information content (AvgIpc) is 2.93. The predicted octanol–water partition coefficient (Wildman–Crippen LogP) is 6.42. The second-order valence-corrected chi connectivity index (χ2v) is 10.6. The van der Waals surface area contributed by atoms with Crippen molar-refractivity contribution in [3.05, 3.63) is 100 Å². The number of halogens is 1. The topological polar surface area (TPSA) is 58.6 Å². The van der Waals surface area contributed by atoms with Gasteiger partial charge in [-0.05, 0) is 67.1 Å². The maximum Gasteiger partial charge on any atom is 0.261 e. The van der Waals surface area contributed by atoms with Crippen molar-refractivity contribution >= 4 is 23.4 Å². The smallest absolute Gasteiger partial charge is 0.261 e. The normalized spacial score (nSPS) is 14.5. The number of hydrogen-bond acceptors (Lipinski definition) is 3. The molecule has 1 aliphatic carbocycles. The van der Waals surface area contributed by atoms with Crippen molar-refractivity contribution in [3.8, 4) is 5.75 Å². The predicted molar refractivity (Wildman–Crippen MR) is 152 cm³/mol. The van der Waals surface area contributed by atoms with Crippen LogP contribution >= 0.6 is 11.6 Å². The van der Waals surface area contributed by atoms with Crippen molar-refractivity contribution in [2.24, 2.45) is 0 Å². The first kappa shape index (κ1) is 27.7. The standard InChI is InChI=1S/C32H37ClN2O3/c1-23-17-18-28(19-24(23)2)38-22-31(36)35(21-26-13-9-10-16-29(26)33)30(20-25-11-5-3-6-12-25)32(37)34-27-14-7-4-8-15-27/h3,5-6,9-13,16-19,27,30H,4,7-8,14-15,20-22H2,1-2H3,(H,34,37)/t30-/m0/s1. The minimum absolute atomic E-state index is 0.132. The van der Waals surface area contributed by atoms with Gasteiger partial charge in [0, 0.05) is 24.0 Å². The summed E-state index contributed by atoms with van der Waals surface area (Å²) in [6.07, 6.45) is 5.77. The van der Waals surface area contributed by atoms with Gasteiger partial charge >= 0.3 is 0 Å². The second-order valence-electron chi connectivity index (χ2n) is 10.2. The molecule has 0 heterocycles. The quantitative estimate of drug-likeness (QED) is 0.327. The van der Waals surface area contributed by atoms with E-state index in [1.807, 2.05) is 80.6 Å². The zero-order valence-corrected chi connectivity index (χ0v) is 23.0. The highest BCUT2D eigenvalue weighted by atomic mass is 35.5. The van der Waals surface area contributed by atoms with E-state index < -0.39 is 6.04 Å². The number of rotatable bonds is 10. The van der Waals surface area contributed by atoms with Gasteiger partial charge in [-0.25, -0.2) is 0 Å². The Morgan fingerprint density at radius 2 is 1.66 bits per heavy atom. The van der Waals surface area contributed by atoms with Crippen LogP contribution in [-0.2, 0) is 22.6 Å². The van der Waals surface area contributed by atoms with Crippen LogP contribution in [-0.4, -0.2) is 35.4 Å². The molecule has 4 rings (SSSR count). The lowest BCUT2D eigenvalue weighted by Crippen LogP contribution is -2.53. The fourth-order valence-corrected chi connectivity index (χ4v) is 5.14. The Hall–Kier alpha value is -3.31. The number of aryl methyl sites for hydroxylation is 2. The Kier molecular flexibility index (Phi) is 9.83. The minimum atomic E-state index is -0.702. The number of amides is 2. The van der Waals surface area contributed by atoms with Crippen molar-refractivity contribution in [3.63, 3.8) is 0 Å². The fraction of sp³-hybridized carbons (Fsp3) is 0.375. The third kappa shape index (κ3) is 7.61. The van der Waals surface area contributed by atoms with E-state index >= 15 is 0 Å². The van der Waals surface area contributed by atoms with Gasteiger partial charge in [-0.3, -0.25) is 9.59 Å². The molecule has 38 heavy (non-hydrogen) atoms. The molecule has 0 spiro atoms. The molecule has 1 saturated carbocycles. The first-order valence-electron chi connectivity index (χ1n) is 13.5. The maximum atomic E-state index is 13.8. The molecule has 3 aromatic rings. The van der Waals surface area contributed by atoms with Gasteiger partial charge in [-0.15, -0.1) is 0 Å². The number of ether oxygens (including phenoxy) is 1. The molecule has 0 aromatic heterocycles. The van der Waals surface area contributed by atoms with Gasteiger partial charge in [0.25, 0.3) is 5.91 Å². The number of carbonyl (C=O) groups is 2. The van der Waals surface area contributed by atoms with Gasteiger partial charge in [-0.2, -0.15) is 0 Å². The summed E-state index contributed by atoms with van der Waals surface area (Å²) in [5.74, 6) is 0.237. The van der Waals surface area contributed by atoms with Crippen molar-refractivity contribution < 1.29 is 14.3 Å². The molecule has 0 bridgehead atoms. The highest BCUT2D eigenvalue weighted by Gasteiger charge is 2.32. The van der Waals surface area contributed by atoms with E-state index in [4.69, 9.17) is 16.3 Å². The lowest BCUT2D eigenvalue weighted by atomic mass is 9.94. The summed E-state index contributed by atoms with van der Waals surface area (Å²) in [5, 5.41) is 3.82. The lowest BCUT2D eigenvalue weighted by Gasteiger charge is -2.33. The van der Waals surface area contributed by atoms with Crippen LogP contribution < -0.4 is 10.1 Å². The summed E-state index contributed by atoms with van der Waals surface area (Å²) in [6.45, 7) is 4.09. The largest absolute Gasteiger partial charge is 0.484 e. The molecule has 1 aliphatic rings. The fourth-order valence-electron chi connectivity index (χ4n) is 4.94. The zero-order chi connectivity index (χ0) is 26.9. The second kappa shape index (κ2) is 13.5. The van der Waals surface area contributed by atoms with Crippen molar-refractivity contribution in [2.75, 3.05) is 6.61 Å². The zero-order valence-electron chi connectivity index (χ0n) is 22.3. The molecule has 1 fully saturated rings. The Morgan fingerprint density at radius 1 is 0.947 bits per heavy atom. The van der Waals surface area contributed by atoms with Crippen LogP contribution in [0.3, 0.4) is 0 Å². The number of nitrogens with zero attached hydrogens (tertiary/aromatic N) is 1. The molecule has 0 aliphatic heterocycles. The van der Waals surface area contributed by atoms with Crippen LogP contribution in [0, 0.1) is 13.8 Å². The van der Waals surface area contributed by atoms with Gasteiger partial charge in [-0.1, -0.05) is 85.5 Å². The number of hydrogen-bond donors (Lipinski definition) is 1. The van der Waals surface area contributed by atoms with E-state index in [0.717, 1.165) is 47.9 Å². The van der Waals surface area contributed by atoms with Crippen LogP contribution in [0.1, 0.15) is 54.4 Å². The molecule has 0 unspecified atom stereocenters. The third-order valence-electron chi connectivity index (χ3n) is 7.36. The van der Waals surface area contributed by atoms with Crippen molar-refractivity contribution in [2.45, 2.75) is 71.0 Å². The first-order valence-corrected chi connectivity index (χ1v) is 13.9. The van der Waals surface area contributed by atoms with E-state index in [2.05, 4.69) is 5.32 Å². The molecule has 1 atom stereocenters. The Morgan fingerprint density at radius 3 is 2.37 bits per heavy atom. The lowest BCUT2D eigenvalue weighted by molar-refractivity contribution is -0.143. The molecule has 6 heteroatoms. The molecule has 3 aromatic carbocycles. The SMILES string of the molecule is Cc1ccc(OCC(=O)N(Cc2ccccc2Cl)[C@@H](Cc2ccccc2)C(=O)NC2CCCCC2)cc1C. The van der Waals surface area contributed by atoms with Crippen LogP contribution in [0.15, 0.2) is 72.8 Å². The Balaban J connectivity index is 1.62. The van der Waals surface area contributed by atoms with Crippen molar-refractivity contribution in [1.29, 1.82) is 0 Å². The summed E-state index contributed by atoms with van der Waals surface area (Å²) in [4.78, 5) is 29.2. The van der Waals surface area contributed by atoms with Crippen LogP contribution in [0.5, 0.6) is 5.75 Å². The first-order chi connectivity index (χ1) is 18.4. The Bertz CT molecular complexity index is 1220. The minimum Gasteiger partial charge on any atom is -0.484 e.